The number of carboxylic acids is 4. The van der Waals surface area contributed by atoms with Gasteiger partial charge in [-0.05, 0) is 0 Å². The molecule has 10 heteroatoms. The summed E-state index contributed by atoms with van der Waals surface area (Å²) in [5.74, 6) is -10.3. The maximum Gasteiger partial charge on any atom is 0.376 e. The lowest BCUT2D eigenvalue weighted by Gasteiger charge is -2.04. The van der Waals surface area contributed by atoms with E-state index < -0.39 is 47.3 Å². The van der Waals surface area contributed by atoms with Crippen LogP contribution in [0, 0.1) is 11.8 Å². The standard InChI is InChI=1S/2C8H6O5/c2*9-6(8(12)13)4-2-1-3-5(4)7(10)11/h2*1-3,5H,(H,10,11)(H,12,13). The molecule has 0 aromatic carbocycles. The van der Waals surface area contributed by atoms with E-state index >= 15 is 0 Å². The van der Waals surface area contributed by atoms with E-state index in [9.17, 15) is 28.8 Å². The van der Waals surface area contributed by atoms with Crippen molar-refractivity contribution in [1.29, 1.82) is 0 Å². The first kappa shape index (κ1) is 20.2. The summed E-state index contributed by atoms with van der Waals surface area (Å²) in [6.07, 6.45) is 7.64. The summed E-state index contributed by atoms with van der Waals surface area (Å²) in [5.41, 5.74) is -0.417. The Bertz CT molecular complexity index is 741. The molecule has 0 amide bonds. The number of hydrogen-bond acceptors (Lipinski definition) is 6. The summed E-state index contributed by atoms with van der Waals surface area (Å²) >= 11 is 0. The average Bonchev–Trinajstić information content (AvgIpc) is 3.22. The highest BCUT2D eigenvalue weighted by Crippen LogP contribution is 2.21. The van der Waals surface area contributed by atoms with Crippen molar-refractivity contribution in [2.75, 3.05) is 0 Å². The van der Waals surface area contributed by atoms with Crippen molar-refractivity contribution >= 4 is 35.4 Å². The van der Waals surface area contributed by atoms with Crippen LogP contribution >= 0.6 is 0 Å². The van der Waals surface area contributed by atoms with Crippen LogP contribution in [0.3, 0.4) is 0 Å². The van der Waals surface area contributed by atoms with Gasteiger partial charge in [0, 0.05) is 11.1 Å². The zero-order chi connectivity index (χ0) is 20.0. The monoisotopic (exact) mass is 364 g/mol. The number of carbonyl (C=O) groups excluding carboxylic acids is 2. The first-order chi connectivity index (χ1) is 12.1. The fourth-order valence-corrected chi connectivity index (χ4v) is 2.07. The topological polar surface area (TPSA) is 183 Å². The molecule has 4 N–H and O–H groups in total. The number of aliphatic carboxylic acids is 4. The van der Waals surface area contributed by atoms with E-state index in [0.717, 1.165) is 0 Å². The molecule has 0 spiro atoms. The Morgan fingerprint density at radius 1 is 0.615 bits per heavy atom. The normalized spacial score (nSPS) is 19.7. The van der Waals surface area contributed by atoms with E-state index in [0.29, 0.717) is 0 Å². The van der Waals surface area contributed by atoms with Crippen molar-refractivity contribution in [3.8, 4) is 0 Å². The lowest BCUT2D eigenvalue weighted by molar-refractivity contribution is -0.148. The molecular formula is C16H12O10. The van der Waals surface area contributed by atoms with Gasteiger partial charge in [-0.15, -0.1) is 0 Å². The lowest BCUT2D eigenvalue weighted by atomic mass is 9.99. The second-order valence-electron chi connectivity index (χ2n) is 4.91. The fraction of sp³-hybridized carbons (Fsp3) is 0.125. The average molecular weight is 364 g/mol. The molecule has 2 unspecified atom stereocenters. The molecule has 10 nitrogen and oxygen atoms in total. The van der Waals surface area contributed by atoms with Crippen LogP contribution in [0.2, 0.25) is 0 Å². The number of carboxylic acid groups (broad SMARTS) is 4. The van der Waals surface area contributed by atoms with Crippen LogP contribution in [0.5, 0.6) is 0 Å². The Morgan fingerprint density at radius 2 is 0.923 bits per heavy atom. The van der Waals surface area contributed by atoms with Crippen LogP contribution in [0.4, 0.5) is 0 Å². The highest BCUT2D eigenvalue weighted by Gasteiger charge is 2.31. The lowest BCUT2D eigenvalue weighted by Crippen LogP contribution is -2.23. The molecule has 0 saturated heterocycles. The number of ketones is 2. The van der Waals surface area contributed by atoms with Gasteiger partial charge >= 0.3 is 23.9 Å². The molecule has 2 atom stereocenters. The molecule has 0 radical (unpaired) electrons. The van der Waals surface area contributed by atoms with Crippen molar-refractivity contribution in [3.05, 3.63) is 47.6 Å². The van der Waals surface area contributed by atoms with E-state index in [2.05, 4.69) is 0 Å². The van der Waals surface area contributed by atoms with Gasteiger partial charge in [0.2, 0.25) is 0 Å². The molecule has 0 saturated carbocycles. The summed E-state index contributed by atoms with van der Waals surface area (Å²) < 4.78 is 0. The van der Waals surface area contributed by atoms with Gasteiger partial charge < -0.3 is 20.4 Å². The third-order valence-electron chi connectivity index (χ3n) is 3.27. The van der Waals surface area contributed by atoms with Crippen LogP contribution in [0.1, 0.15) is 0 Å². The second-order valence-corrected chi connectivity index (χ2v) is 4.91. The smallest absolute Gasteiger partial charge is 0.376 e. The van der Waals surface area contributed by atoms with Crippen molar-refractivity contribution in [2.24, 2.45) is 11.8 Å². The minimum Gasteiger partial charge on any atom is -0.481 e. The van der Waals surface area contributed by atoms with Crippen LogP contribution < -0.4 is 0 Å². The first-order valence-electron chi connectivity index (χ1n) is 6.85. The summed E-state index contributed by atoms with van der Waals surface area (Å²) in [5, 5.41) is 33.8. The molecule has 2 aliphatic carbocycles. The maximum absolute atomic E-state index is 10.9. The maximum atomic E-state index is 10.9. The van der Waals surface area contributed by atoms with Gasteiger partial charge in [-0.25, -0.2) is 9.59 Å². The Morgan fingerprint density at radius 3 is 1.15 bits per heavy atom. The molecule has 0 aliphatic heterocycles. The Kier molecular flexibility index (Phi) is 6.48. The summed E-state index contributed by atoms with van der Waals surface area (Å²) in [6, 6.07) is 0. The SMILES string of the molecule is O=C(O)C(=O)C1=CC=CC1C(=O)O.O=C(O)C(=O)C1=CC=CC1C(=O)O. The minimum atomic E-state index is -1.64. The number of rotatable bonds is 6. The molecule has 0 aromatic rings. The number of hydrogen-bond donors (Lipinski definition) is 4. The van der Waals surface area contributed by atoms with Gasteiger partial charge in [0.15, 0.2) is 0 Å². The van der Waals surface area contributed by atoms with Gasteiger partial charge in [0.05, 0.1) is 0 Å². The molecular weight excluding hydrogens is 352 g/mol. The van der Waals surface area contributed by atoms with Gasteiger partial charge in [0.25, 0.3) is 11.6 Å². The third kappa shape index (κ3) is 4.60. The molecule has 0 bridgehead atoms. The van der Waals surface area contributed by atoms with E-state index in [1.807, 2.05) is 0 Å². The van der Waals surface area contributed by atoms with Crippen molar-refractivity contribution in [2.45, 2.75) is 0 Å². The zero-order valence-electron chi connectivity index (χ0n) is 12.9. The molecule has 0 heterocycles. The van der Waals surface area contributed by atoms with E-state index in [-0.39, 0.29) is 11.1 Å². The van der Waals surface area contributed by atoms with Gasteiger partial charge in [-0.1, -0.05) is 36.5 Å². The highest BCUT2D eigenvalue weighted by atomic mass is 16.4. The number of Topliss-reactive ketones (excluding diaryl/α,β-unsaturated/α-hetero) is 2. The second kappa shape index (κ2) is 8.33. The molecule has 2 aliphatic rings. The largest absolute Gasteiger partial charge is 0.481 e. The van der Waals surface area contributed by atoms with Crippen LogP contribution in [0.25, 0.3) is 0 Å². The van der Waals surface area contributed by atoms with Crippen molar-refractivity contribution < 1.29 is 49.2 Å². The van der Waals surface area contributed by atoms with E-state index in [1.165, 1.54) is 36.5 Å². The van der Waals surface area contributed by atoms with E-state index in [1.54, 1.807) is 0 Å². The number of allylic oxidation sites excluding steroid dienone is 4. The Hall–Kier alpha value is -3.82. The van der Waals surface area contributed by atoms with Crippen molar-refractivity contribution in [3.63, 3.8) is 0 Å². The molecule has 136 valence electrons. The molecule has 2 rings (SSSR count). The Balaban J connectivity index is 0.000000260. The molecule has 0 fully saturated rings. The molecule has 0 aromatic heterocycles. The van der Waals surface area contributed by atoms with Gasteiger partial charge in [-0.3, -0.25) is 19.2 Å². The Labute approximate surface area is 145 Å². The predicted molar refractivity (Wildman–Crippen MR) is 82.0 cm³/mol. The highest BCUT2D eigenvalue weighted by molar-refractivity contribution is 6.41. The van der Waals surface area contributed by atoms with Crippen LogP contribution in [-0.4, -0.2) is 55.9 Å². The minimum absolute atomic E-state index is 0.208. The molecule has 26 heavy (non-hydrogen) atoms. The van der Waals surface area contributed by atoms with E-state index in [4.69, 9.17) is 20.4 Å². The van der Waals surface area contributed by atoms with Gasteiger partial charge in [-0.2, -0.15) is 0 Å². The summed E-state index contributed by atoms with van der Waals surface area (Å²) in [4.78, 5) is 63.3. The van der Waals surface area contributed by atoms with Crippen molar-refractivity contribution in [1.82, 2.24) is 0 Å². The number of carbonyl (C=O) groups is 6. The van der Waals surface area contributed by atoms with Crippen LogP contribution in [0.15, 0.2) is 47.6 Å². The first-order valence-corrected chi connectivity index (χ1v) is 6.85. The summed E-state index contributed by atoms with van der Waals surface area (Å²) in [7, 11) is 0. The quantitative estimate of drug-likeness (QED) is 0.455. The van der Waals surface area contributed by atoms with Crippen LogP contribution in [-0.2, 0) is 28.8 Å². The summed E-state index contributed by atoms with van der Waals surface area (Å²) in [6.45, 7) is 0. The third-order valence-corrected chi connectivity index (χ3v) is 3.27. The predicted octanol–water partition coefficient (Wildman–Crippen LogP) is -0.326. The zero-order valence-corrected chi connectivity index (χ0v) is 12.9. The fourth-order valence-electron chi connectivity index (χ4n) is 2.07. The van der Waals surface area contributed by atoms with Gasteiger partial charge in [0.1, 0.15) is 11.8 Å².